The summed E-state index contributed by atoms with van der Waals surface area (Å²) in [6, 6.07) is 0. The zero-order chi connectivity index (χ0) is 13.9. The molecule has 2 aliphatic heterocycles. The summed E-state index contributed by atoms with van der Waals surface area (Å²) >= 11 is 1.63. The lowest BCUT2D eigenvalue weighted by molar-refractivity contribution is -0.140. The van der Waals surface area contributed by atoms with Gasteiger partial charge in [-0.05, 0) is 32.4 Å². The van der Waals surface area contributed by atoms with Crippen molar-refractivity contribution in [2.45, 2.75) is 42.9 Å². The maximum atomic E-state index is 11.1. The number of nitrogens with zero attached hydrogens (tertiary/aromatic N) is 3. The summed E-state index contributed by atoms with van der Waals surface area (Å²) in [5.74, 6) is 2.28. The van der Waals surface area contributed by atoms with Crippen molar-refractivity contribution in [3.63, 3.8) is 0 Å². The van der Waals surface area contributed by atoms with Crippen LogP contribution in [0.1, 0.15) is 37.4 Å². The van der Waals surface area contributed by atoms with Crippen LogP contribution in [0.15, 0.2) is 5.16 Å². The van der Waals surface area contributed by atoms with Gasteiger partial charge in [-0.15, -0.1) is 10.2 Å². The van der Waals surface area contributed by atoms with Crippen molar-refractivity contribution < 1.29 is 9.53 Å². The van der Waals surface area contributed by atoms with Crippen LogP contribution in [0, 0.1) is 0 Å². The van der Waals surface area contributed by atoms with Crippen LogP contribution in [-0.2, 0) is 16.6 Å². The SMILES string of the molecule is Cn1c(SC[C@H]2CCC(=O)O2)nnc1C1CCNCC1. The number of hydrogen-bond acceptors (Lipinski definition) is 6. The molecule has 0 unspecified atom stereocenters. The van der Waals surface area contributed by atoms with Gasteiger partial charge in [0.25, 0.3) is 0 Å². The molecule has 0 aliphatic carbocycles. The zero-order valence-corrected chi connectivity index (χ0v) is 12.5. The molecule has 3 heterocycles. The molecule has 110 valence electrons. The van der Waals surface area contributed by atoms with Crippen molar-refractivity contribution >= 4 is 17.7 Å². The standard InChI is InChI=1S/C13H20N4O2S/c1-17-12(9-4-6-14-7-5-9)15-16-13(17)20-8-10-2-3-11(18)19-10/h9-10,14H,2-8H2,1H3/t10-/m1/s1. The first-order valence-electron chi connectivity index (χ1n) is 7.16. The van der Waals surface area contributed by atoms with Crippen molar-refractivity contribution in [3.05, 3.63) is 5.82 Å². The number of hydrogen-bond donors (Lipinski definition) is 1. The second kappa shape index (κ2) is 6.13. The summed E-state index contributed by atoms with van der Waals surface area (Å²) in [6.07, 6.45) is 3.65. The first-order chi connectivity index (χ1) is 9.74. The van der Waals surface area contributed by atoms with E-state index < -0.39 is 0 Å². The molecule has 6 nitrogen and oxygen atoms in total. The quantitative estimate of drug-likeness (QED) is 0.662. The Morgan fingerprint density at radius 1 is 1.35 bits per heavy atom. The highest BCUT2D eigenvalue weighted by atomic mass is 32.2. The minimum absolute atomic E-state index is 0.0338. The number of ether oxygens (including phenoxy) is 1. The Balaban J connectivity index is 1.59. The molecule has 3 rings (SSSR count). The van der Waals surface area contributed by atoms with Gasteiger partial charge in [0.1, 0.15) is 11.9 Å². The molecule has 7 heteroatoms. The number of piperidine rings is 1. The van der Waals surface area contributed by atoms with Gasteiger partial charge < -0.3 is 14.6 Å². The number of carbonyl (C=O) groups excluding carboxylic acids is 1. The van der Waals surface area contributed by atoms with E-state index >= 15 is 0 Å². The Bertz CT molecular complexity index is 485. The molecular formula is C13H20N4O2S. The number of thioether (sulfide) groups is 1. The highest BCUT2D eigenvalue weighted by molar-refractivity contribution is 7.99. The minimum Gasteiger partial charge on any atom is -0.461 e. The lowest BCUT2D eigenvalue weighted by atomic mass is 9.97. The molecule has 0 spiro atoms. The van der Waals surface area contributed by atoms with Gasteiger partial charge in [-0.1, -0.05) is 11.8 Å². The van der Waals surface area contributed by atoms with E-state index in [-0.39, 0.29) is 12.1 Å². The number of cyclic esters (lactones) is 1. The van der Waals surface area contributed by atoms with Gasteiger partial charge in [-0.3, -0.25) is 4.79 Å². The predicted octanol–water partition coefficient (Wildman–Crippen LogP) is 1.08. The highest BCUT2D eigenvalue weighted by Crippen LogP contribution is 2.28. The molecule has 2 saturated heterocycles. The predicted molar refractivity (Wildman–Crippen MR) is 75.7 cm³/mol. The highest BCUT2D eigenvalue weighted by Gasteiger charge is 2.25. The van der Waals surface area contributed by atoms with Gasteiger partial charge >= 0.3 is 5.97 Å². The van der Waals surface area contributed by atoms with E-state index in [2.05, 4.69) is 20.1 Å². The lowest BCUT2D eigenvalue weighted by Crippen LogP contribution is -2.27. The van der Waals surface area contributed by atoms with E-state index in [1.165, 1.54) is 0 Å². The van der Waals surface area contributed by atoms with E-state index in [4.69, 9.17) is 4.74 Å². The first kappa shape index (κ1) is 13.9. The third-order valence-corrected chi connectivity index (χ3v) is 5.09. The topological polar surface area (TPSA) is 69.0 Å². The van der Waals surface area contributed by atoms with Crippen LogP contribution < -0.4 is 5.32 Å². The summed E-state index contributed by atoms with van der Waals surface area (Å²) < 4.78 is 7.32. The molecule has 20 heavy (non-hydrogen) atoms. The normalized spacial score (nSPS) is 24.1. The van der Waals surface area contributed by atoms with E-state index in [9.17, 15) is 4.79 Å². The zero-order valence-electron chi connectivity index (χ0n) is 11.7. The first-order valence-corrected chi connectivity index (χ1v) is 8.15. The maximum absolute atomic E-state index is 11.1. The van der Waals surface area contributed by atoms with Gasteiger partial charge in [-0.25, -0.2) is 0 Å². The Hall–Kier alpha value is -1.08. The summed E-state index contributed by atoms with van der Waals surface area (Å²) in [5.41, 5.74) is 0. The van der Waals surface area contributed by atoms with Crippen LogP contribution >= 0.6 is 11.8 Å². The second-order valence-corrected chi connectivity index (χ2v) is 6.37. The second-order valence-electron chi connectivity index (χ2n) is 5.39. The van der Waals surface area contributed by atoms with Crippen LogP contribution in [0.3, 0.4) is 0 Å². The number of nitrogens with one attached hydrogen (secondary N) is 1. The number of rotatable bonds is 4. The fourth-order valence-electron chi connectivity index (χ4n) is 2.75. The van der Waals surface area contributed by atoms with Gasteiger partial charge in [0.05, 0.1) is 0 Å². The van der Waals surface area contributed by atoms with Crippen molar-refractivity contribution in [2.75, 3.05) is 18.8 Å². The average molecular weight is 296 g/mol. The van der Waals surface area contributed by atoms with Crippen LogP contribution in [-0.4, -0.2) is 45.7 Å². The van der Waals surface area contributed by atoms with E-state index in [0.717, 1.165) is 49.1 Å². The van der Waals surface area contributed by atoms with Crippen LogP contribution in [0.5, 0.6) is 0 Å². The van der Waals surface area contributed by atoms with Crippen LogP contribution in [0.25, 0.3) is 0 Å². The van der Waals surface area contributed by atoms with E-state index in [0.29, 0.717) is 12.3 Å². The molecule has 0 radical (unpaired) electrons. The summed E-state index contributed by atoms with van der Waals surface area (Å²) in [5, 5.41) is 12.9. The lowest BCUT2D eigenvalue weighted by Gasteiger charge is -2.21. The van der Waals surface area contributed by atoms with Gasteiger partial charge in [0.15, 0.2) is 5.16 Å². The third-order valence-electron chi connectivity index (χ3n) is 3.94. The average Bonchev–Trinajstić information content (AvgIpc) is 3.04. The Kier molecular flexibility index (Phi) is 4.26. The number of esters is 1. The molecule has 2 fully saturated rings. The smallest absolute Gasteiger partial charge is 0.306 e. The Labute approximate surface area is 122 Å². The molecule has 1 aromatic rings. The molecular weight excluding hydrogens is 276 g/mol. The largest absolute Gasteiger partial charge is 0.461 e. The fourth-order valence-corrected chi connectivity index (χ4v) is 3.71. The van der Waals surface area contributed by atoms with Gasteiger partial charge in [0, 0.05) is 25.1 Å². The summed E-state index contributed by atoms with van der Waals surface area (Å²) in [6.45, 7) is 2.11. The van der Waals surface area contributed by atoms with Crippen LogP contribution in [0.4, 0.5) is 0 Å². The third kappa shape index (κ3) is 2.98. The van der Waals surface area contributed by atoms with Crippen molar-refractivity contribution in [2.24, 2.45) is 7.05 Å². The van der Waals surface area contributed by atoms with Gasteiger partial charge in [0.2, 0.25) is 0 Å². The minimum atomic E-state index is -0.0797. The molecule has 1 N–H and O–H groups in total. The molecule has 0 bridgehead atoms. The molecule has 0 amide bonds. The van der Waals surface area contributed by atoms with E-state index in [1.54, 1.807) is 11.8 Å². The Morgan fingerprint density at radius 3 is 2.85 bits per heavy atom. The summed E-state index contributed by atoms with van der Waals surface area (Å²) in [4.78, 5) is 11.1. The summed E-state index contributed by atoms with van der Waals surface area (Å²) in [7, 11) is 2.03. The molecule has 0 saturated carbocycles. The van der Waals surface area contributed by atoms with Gasteiger partial charge in [-0.2, -0.15) is 0 Å². The van der Waals surface area contributed by atoms with E-state index in [1.807, 2.05) is 7.05 Å². The number of aromatic nitrogens is 3. The fraction of sp³-hybridized carbons (Fsp3) is 0.769. The molecule has 1 aromatic heterocycles. The van der Waals surface area contributed by atoms with Crippen LogP contribution in [0.2, 0.25) is 0 Å². The molecule has 1 atom stereocenters. The number of carbonyl (C=O) groups is 1. The monoisotopic (exact) mass is 296 g/mol. The van der Waals surface area contributed by atoms with Crippen molar-refractivity contribution in [1.82, 2.24) is 20.1 Å². The molecule has 0 aromatic carbocycles. The van der Waals surface area contributed by atoms with Crippen molar-refractivity contribution in [3.8, 4) is 0 Å². The Morgan fingerprint density at radius 2 is 2.15 bits per heavy atom. The maximum Gasteiger partial charge on any atom is 0.306 e. The molecule has 2 aliphatic rings. The van der Waals surface area contributed by atoms with Crippen molar-refractivity contribution in [1.29, 1.82) is 0 Å².